The maximum absolute atomic E-state index is 11.9. The zero-order chi connectivity index (χ0) is 14.8. The van der Waals surface area contributed by atoms with Gasteiger partial charge in [0.1, 0.15) is 0 Å². The molecular formula is C16H22F2O2. The minimum Gasteiger partial charge on any atom is -0.399 e. The second kappa shape index (κ2) is 9.45. The summed E-state index contributed by atoms with van der Waals surface area (Å²) in [5.74, 6) is -0.980. The fourth-order valence-corrected chi connectivity index (χ4v) is 2.07. The van der Waals surface area contributed by atoms with Crippen LogP contribution in [0.25, 0.3) is 0 Å². The fraction of sp³-hybridized carbons (Fsp3) is 0.562. The number of halogens is 2. The summed E-state index contributed by atoms with van der Waals surface area (Å²) in [6, 6.07) is 6.68. The van der Waals surface area contributed by atoms with Crippen molar-refractivity contribution in [3.05, 3.63) is 35.4 Å². The van der Waals surface area contributed by atoms with Gasteiger partial charge in [-0.05, 0) is 30.5 Å². The summed E-state index contributed by atoms with van der Waals surface area (Å²) in [6.07, 6.45) is 8.36. The number of ether oxygens (including phenoxy) is 1. The predicted molar refractivity (Wildman–Crippen MR) is 74.9 cm³/mol. The number of aryl methyl sites for hydroxylation is 1. The molecule has 0 radical (unpaired) electrons. The Morgan fingerprint density at radius 1 is 1.05 bits per heavy atom. The van der Waals surface area contributed by atoms with Crippen LogP contribution >= 0.6 is 0 Å². The minimum absolute atomic E-state index is 0.164. The normalized spacial score (nSPS) is 10.8. The number of hydrogen-bond acceptors (Lipinski definition) is 2. The molecule has 0 saturated carbocycles. The largest absolute Gasteiger partial charge is 0.399 e. The van der Waals surface area contributed by atoms with Crippen molar-refractivity contribution >= 4 is 5.97 Å². The summed E-state index contributed by atoms with van der Waals surface area (Å²) in [7, 11) is 0. The standard InChI is InChI=1S/C16H22F2O2/c1-2-3-4-5-6-7-8-13-9-11-14(12-10-13)15(19)20-16(17)18/h9-12,16H,2-8H2,1H3. The lowest BCUT2D eigenvalue weighted by molar-refractivity contribution is -0.0906. The molecule has 1 aromatic rings. The van der Waals surface area contributed by atoms with Gasteiger partial charge >= 0.3 is 12.6 Å². The second-order valence-corrected chi connectivity index (χ2v) is 4.88. The number of carbonyl (C=O) groups excluding carboxylic acids is 1. The van der Waals surface area contributed by atoms with E-state index in [-0.39, 0.29) is 5.56 Å². The smallest absolute Gasteiger partial charge is 0.389 e. The van der Waals surface area contributed by atoms with Crippen LogP contribution in [-0.2, 0) is 11.2 Å². The van der Waals surface area contributed by atoms with Gasteiger partial charge in [-0.25, -0.2) is 4.79 Å². The molecule has 2 nitrogen and oxygen atoms in total. The van der Waals surface area contributed by atoms with Gasteiger partial charge in [0.25, 0.3) is 0 Å². The maximum Gasteiger partial charge on any atom is 0.389 e. The first-order valence-corrected chi connectivity index (χ1v) is 7.21. The van der Waals surface area contributed by atoms with E-state index < -0.39 is 12.6 Å². The van der Waals surface area contributed by atoms with Gasteiger partial charge in [0.05, 0.1) is 5.56 Å². The molecule has 0 amide bonds. The zero-order valence-electron chi connectivity index (χ0n) is 11.9. The Labute approximate surface area is 119 Å². The van der Waals surface area contributed by atoms with E-state index in [1.165, 1.54) is 44.2 Å². The monoisotopic (exact) mass is 284 g/mol. The molecule has 20 heavy (non-hydrogen) atoms. The molecule has 0 aliphatic heterocycles. The van der Waals surface area contributed by atoms with Crippen LogP contribution in [0.3, 0.4) is 0 Å². The minimum atomic E-state index is -3.06. The molecule has 0 bridgehead atoms. The lowest BCUT2D eigenvalue weighted by Gasteiger charge is -2.05. The van der Waals surface area contributed by atoms with E-state index >= 15 is 0 Å². The fourth-order valence-electron chi connectivity index (χ4n) is 2.07. The van der Waals surface area contributed by atoms with E-state index in [0.717, 1.165) is 18.4 Å². The van der Waals surface area contributed by atoms with Gasteiger partial charge in [0.15, 0.2) is 0 Å². The van der Waals surface area contributed by atoms with Gasteiger partial charge in [-0.1, -0.05) is 51.2 Å². The van der Waals surface area contributed by atoms with Crippen LogP contribution in [0.4, 0.5) is 8.78 Å². The number of benzene rings is 1. The summed E-state index contributed by atoms with van der Waals surface area (Å²) >= 11 is 0. The van der Waals surface area contributed by atoms with E-state index in [4.69, 9.17) is 0 Å². The molecule has 4 heteroatoms. The van der Waals surface area contributed by atoms with E-state index in [1.807, 2.05) is 0 Å². The van der Waals surface area contributed by atoms with Crippen LogP contribution in [0.5, 0.6) is 0 Å². The zero-order valence-corrected chi connectivity index (χ0v) is 11.9. The first kappa shape index (κ1) is 16.6. The first-order valence-electron chi connectivity index (χ1n) is 7.21. The highest BCUT2D eigenvalue weighted by atomic mass is 19.3. The number of alkyl halides is 2. The van der Waals surface area contributed by atoms with Crippen LogP contribution < -0.4 is 0 Å². The number of hydrogen-bond donors (Lipinski definition) is 0. The molecule has 0 fully saturated rings. The SMILES string of the molecule is CCCCCCCCc1ccc(C(=O)OC(F)F)cc1. The third-order valence-electron chi connectivity index (χ3n) is 3.20. The van der Waals surface area contributed by atoms with Crippen LogP contribution in [0, 0.1) is 0 Å². The third-order valence-corrected chi connectivity index (χ3v) is 3.20. The van der Waals surface area contributed by atoms with Crippen molar-refractivity contribution in [3.63, 3.8) is 0 Å². The van der Waals surface area contributed by atoms with Crippen molar-refractivity contribution in [2.75, 3.05) is 0 Å². The number of esters is 1. The molecule has 1 rings (SSSR count). The van der Waals surface area contributed by atoms with Gasteiger partial charge in [-0.3, -0.25) is 0 Å². The Morgan fingerprint density at radius 2 is 1.65 bits per heavy atom. The molecule has 0 atom stereocenters. The predicted octanol–water partition coefficient (Wildman–Crippen LogP) is 4.97. The number of rotatable bonds is 9. The van der Waals surface area contributed by atoms with Gasteiger partial charge in [-0.2, -0.15) is 8.78 Å². The topological polar surface area (TPSA) is 26.3 Å². The Balaban J connectivity index is 2.30. The summed E-state index contributed by atoms with van der Waals surface area (Å²) < 4.78 is 27.6. The van der Waals surface area contributed by atoms with Crippen molar-refractivity contribution < 1.29 is 18.3 Å². The maximum atomic E-state index is 11.9. The van der Waals surface area contributed by atoms with Gasteiger partial charge in [0, 0.05) is 0 Å². The van der Waals surface area contributed by atoms with E-state index in [9.17, 15) is 13.6 Å². The van der Waals surface area contributed by atoms with Gasteiger partial charge in [0.2, 0.25) is 0 Å². The van der Waals surface area contributed by atoms with Crippen LogP contribution in [0.15, 0.2) is 24.3 Å². The molecule has 0 aliphatic rings. The second-order valence-electron chi connectivity index (χ2n) is 4.88. The molecule has 1 aromatic carbocycles. The van der Waals surface area contributed by atoms with Crippen LogP contribution in [0.2, 0.25) is 0 Å². The molecule has 0 aromatic heterocycles. The summed E-state index contributed by atoms with van der Waals surface area (Å²) in [6.45, 7) is -0.870. The molecular weight excluding hydrogens is 262 g/mol. The quantitative estimate of drug-likeness (QED) is 0.473. The Bertz CT molecular complexity index is 388. The molecule has 0 N–H and O–H groups in total. The van der Waals surface area contributed by atoms with E-state index in [1.54, 1.807) is 12.1 Å². The molecule has 0 aliphatic carbocycles. The summed E-state index contributed by atoms with van der Waals surface area (Å²) in [5.41, 5.74) is 1.28. The van der Waals surface area contributed by atoms with Gasteiger partial charge < -0.3 is 4.74 Å². The third kappa shape index (κ3) is 6.64. The lowest BCUT2D eigenvalue weighted by atomic mass is 10.0. The highest BCUT2D eigenvalue weighted by Crippen LogP contribution is 2.12. The van der Waals surface area contributed by atoms with Crippen molar-refractivity contribution in [3.8, 4) is 0 Å². The first-order chi connectivity index (χ1) is 9.63. The van der Waals surface area contributed by atoms with E-state index in [2.05, 4.69) is 11.7 Å². The number of carbonyl (C=O) groups is 1. The molecule has 0 spiro atoms. The van der Waals surface area contributed by atoms with Crippen molar-refractivity contribution in [1.82, 2.24) is 0 Å². The molecule has 0 saturated heterocycles. The van der Waals surface area contributed by atoms with E-state index in [0.29, 0.717) is 0 Å². The van der Waals surface area contributed by atoms with Gasteiger partial charge in [-0.15, -0.1) is 0 Å². The average Bonchev–Trinajstić information content (AvgIpc) is 2.42. The lowest BCUT2D eigenvalue weighted by Crippen LogP contribution is -2.09. The van der Waals surface area contributed by atoms with Crippen LogP contribution in [0.1, 0.15) is 61.4 Å². The Kier molecular flexibility index (Phi) is 7.85. The highest BCUT2D eigenvalue weighted by Gasteiger charge is 2.12. The van der Waals surface area contributed by atoms with Crippen LogP contribution in [-0.4, -0.2) is 12.6 Å². The Morgan fingerprint density at radius 3 is 2.25 bits per heavy atom. The highest BCUT2D eigenvalue weighted by molar-refractivity contribution is 5.89. The molecule has 0 heterocycles. The molecule has 112 valence electrons. The van der Waals surface area contributed by atoms with Crippen molar-refractivity contribution in [1.29, 1.82) is 0 Å². The summed E-state index contributed by atoms with van der Waals surface area (Å²) in [4.78, 5) is 11.2. The number of unbranched alkanes of at least 4 members (excludes halogenated alkanes) is 5. The van der Waals surface area contributed by atoms with Crippen molar-refractivity contribution in [2.24, 2.45) is 0 Å². The van der Waals surface area contributed by atoms with Crippen molar-refractivity contribution in [2.45, 2.75) is 58.5 Å². The molecule has 0 unspecified atom stereocenters. The average molecular weight is 284 g/mol. The summed E-state index contributed by atoms with van der Waals surface area (Å²) in [5, 5.41) is 0. The Hall–Kier alpha value is -1.45.